The van der Waals surface area contributed by atoms with Crippen LogP contribution in [0.15, 0.2) is 46.2 Å². The molecule has 9 nitrogen and oxygen atoms in total. The summed E-state index contributed by atoms with van der Waals surface area (Å²) >= 11 is 0. The molecule has 3 aromatic rings. The fraction of sp³-hybridized carbons (Fsp3) is 0.417. The van der Waals surface area contributed by atoms with Gasteiger partial charge in [-0.05, 0) is 59.7 Å². The summed E-state index contributed by atoms with van der Waals surface area (Å²) in [5, 5.41) is 0.241. The van der Waals surface area contributed by atoms with Gasteiger partial charge in [0.15, 0.2) is 0 Å². The van der Waals surface area contributed by atoms with E-state index in [1.165, 1.54) is 29.8 Å². The van der Waals surface area contributed by atoms with Gasteiger partial charge in [0.2, 0.25) is 0 Å². The molecule has 0 amide bonds. The highest BCUT2D eigenvalue weighted by Crippen LogP contribution is 2.37. The van der Waals surface area contributed by atoms with E-state index in [4.69, 9.17) is 14.0 Å². The van der Waals surface area contributed by atoms with Crippen LogP contribution in [0.5, 0.6) is 0 Å². The van der Waals surface area contributed by atoms with E-state index in [0.29, 0.717) is 5.46 Å². The van der Waals surface area contributed by atoms with E-state index in [1.807, 2.05) is 34.6 Å². The summed E-state index contributed by atoms with van der Waals surface area (Å²) in [5.74, 6) is -0.860. The van der Waals surface area contributed by atoms with Crippen molar-refractivity contribution in [3.8, 4) is 0 Å². The Morgan fingerprint density at radius 1 is 1.09 bits per heavy atom. The smallest absolute Gasteiger partial charge is 0.461 e. The number of benzene rings is 1. The Morgan fingerprint density at radius 3 is 2.20 bits per heavy atom. The third kappa shape index (κ3) is 4.01. The molecule has 0 spiro atoms. The average Bonchev–Trinajstić information content (AvgIpc) is 3.27. The lowest BCUT2D eigenvalue weighted by atomic mass is 9.78. The molecule has 1 aromatic carbocycles. The SMILES string of the molecule is CCOC(=O)c1cc2c(B3OC(C)(C)C(C)(C)O3)cn(C)c(=O)c2n1S(=O)(=O)c1ccc(C)cc1. The Balaban J connectivity index is 2.06. The number of aromatic nitrogens is 2. The Labute approximate surface area is 204 Å². The van der Waals surface area contributed by atoms with E-state index < -0.39 is 39.9 Å². The highest BCUT2D eigenvalue weighted by Gasteiger charge is 2.52. The number of hydrogen-bond donors (Lipinski definition) is 0. The molecular formula is C24H29BN2O7S. The van der Waals surface area contributed by atoms with Crippen molar-refractivity contribution in [1.82, 2.24) is 8.54 Å². The molecule has 0 atom stereocenters. The zero-order valence-corrected chi connectivity index (χ0v) is 21.7. The van der Waals surface area contributed by atoms with Gasteiger partial charge in [0.25, 0.3) is 15.6 Å². The molecule has 0 aliphatic carbocycles. The summed E-state index contributed by atoms with van der Waals surface area (Å²) in [4.78, 5) is 26.2. The third-order valence-corrected chi connectivity index (χ3v) is 8.40. The van der Waals surface area contributed by atoms with E-state index in [2.05, 4.69) is 0 Å². The summed E-state index contributed by atoms with van der Waals surface area (Å²) in [6.45, 7) is 11.1. The first kappa shape index (κ1) is 25.2. The van der Waals surface area contributed by atoms with E-state index in [9.17, 15) is 18.0 Å². The molecule has 1 aliphatic heterocycles. The number of fused-ring (bicyclic) bond motifs is 1. The Kier molecular flexibility index (Phi) is 6.02. The van der Waals surface area contributed by atoms with Crippen LogP contribution in [-0.2, 0) is 31.1 Å². The van der Waals surface area contributed by atoms with E-state index in [-0.39, 0.29) is 28.1 Å². The fourth-order valence-electron chi connectivity index (χ4n) is 3.99. The quantitative estimate of drug-likeness (QED) is 0.391. The maximum absolute atomic E-state index is 13.8. The molecule has 35 heavy (non-hydrogen) atoms. The van der Waals surface area contributed by atoms with Crippen molar-refractivity contribution in [1.29, 1.82) is 0 Å². The van der Waals surface area contributed by atoms with Gasteiger partial charge in [-0.3, -0.25) is 4.79 Å². The lowest BCUT2D eigenvalue weighted by Gasteiger charge is -2.32. The van der Waals surface area contributed by atoms with Gasteiger partial charge in [-0.2, -0.15) is 0 Å². The number of pyridine rings is 1. The van der Waals surface area contributed by atoms with Gasteiger partial charge in [-0.15, -0.1) is 0 Å². The van der Waals surface area contributed by atoms with Crippen molar-refractivity contribution in [3.63, 3.8) is 0 Å². The van der Waals surface area contributed by atoms with Crippen molar-refractivity contribution in [2.75, 3.05) is 6.61 Å². The normalized spacial score (nSPS) is 17.2. The summed E-state index contributed by atoms with van der Waals surface area (Å²) in [5.41, 5.74) is -1.08. The predicted octanol–water partition coefficient (Wildman–Crippen LogP) is 2.36. The minimum Gasteiger partial charge on any atom is -0.461 e. The molecule has 0 bridgehead atoms. The van der Waals surface area contributed by atoms with Crippen molar-refractivity contribution in [2.45, 2.75) is 57.6 Å². The minimum atomic E-state index is -4.34. The number of hydrogen-bond acceptors (Lipinski definition) is 7. The van der Waals surface area contributed by atoms with Crippen LogP contribution in [0.3, 0.4) is 0 Å². The van der Waals surface area contributed by atoms with Gasteiger partial charge in [-0.25, -0.2) is 17.2 Å². The number of carbonyl (C=O) groups excluding carboxylic acids is 1. The number of esters is 1. The van der Waals surface area contributed by atoms with Crippen LogP contribution in [0.2, 0.25) is 0 Å². The lowest BCUT2D eigenvalue weighted by Crippen LogP contribution is -2.41. The van der Waals surface area contributed by atoms with Gasteiger partial charge in [0.1, 0.15) is 11.2 Å². The van der Waals surface area contributed by atoms with Crippen molar-refractivity contribution >= 4 is 39.5 Å². The topological polar surface area (TPSA) is 106 Å². The zero-order valence-electron chi connectivity index (χ0n) is 20.9. The summed E-state index contributed by atoms with van der Waals surface area (Å²) in [7, 11) is -3.71. The maximum Gasteiger partial charge on any atom is 0.497 e. The molecule has 1 fully saturated rings. The van der Waals surface area contributed by atoms with Gasteiger partial charge in [-0.1, -0.05) is 17.7 Å². The van der Waals surface area contributed by atoms with Gasteiger partial charge in [0.05, 0.1) is 22.7 Å². The monoisotopic (exact) mass is 500 g/mol. The van der Waals surface area contributed by atoms with Crippen LogP contribution in [0.4, 0.5) is 0 Å². The fourth-order valence-corrected chi connectivity index (χ4v) is 5.48. The predicted molar refractivity (Wildman–Crippen MR) is 133 cm³/mol. The van der Waals surface area contributed by atoms with E-state index >= 15 is 0 Å². The number of ether oxygens (including phenoxy) is 1. The second kappa shape index (κ2) is 8.36. The minimum absolute atomic E-state index is 0.0348. The molecule has 2 aromatic heterocycles. The lowest BCUT2D eigenvalue weighted by molar-refractivity contribution is 0.00578. The maximum atomic E-state index is 13.8. The Hall–Kier alpha value is -2.89. The summed E-state index contributed by atoms with van der Waals surface area (Å²) in [6, 6.07) is 7.54. The van der Waals surface area contributed by atoms with Crippen molar-refractivity contribution in [2.24, 2.45) is 7.05 Å². The van der Waals surface area contributed by atoms with E-state index in [1.54, 1.807) is 25.3 Å². The van der Waals surface area contributed by atoms with Crippen LogP contribution in [0, 0.1) is 6.92 Å². The average molecular weight is 500 g/mol. The molecular weight excluding hydrogens is 471 g/mol. The second-order valence-electron chi connectivity index (χ2n) is 9.68. The molecule has 0 radical (unpaired) electrons. The zero-order chi connectivity index (χ0) is 25.9. The summed E-state index contributed by atoms with van der Waals surface area (Å²) in [6.07, 6.45) is 1.55. The number of carbonyl (C=O) groups is 1. The number of rotatable bonds is 5. The Bertz CT molecular complexity index is 1470. The van der Waals surface area contributed by atoms with Crippen molar-refractivity contribution in [3.05, 3.63) is 58.1 Å². The van der Waals surface area contributed by atoms with E-state index in [0.717, 1.165) is 9.54 Å². The first-order chi connectivity index (χ1) is 16.2. The number of nitrogens with zero attached hydrogens (tertiary/aromatic N) is 2. The standard InChI is InChI=1S/C24H29BN2O7S/c1-8-32-22(29)19-13-17-18(25-33-23(3,4)24(5,6)34-25)14-26(7)21(28)20(17)27(19)35(30,31)16-11-9-15(2)10-12-16/h9-14H,8H2,1-7H3. The van der Waals surface area contributed by atoms with Crippen LogP contribution in [0.1, 0.15) is 50.7 Å². The highest BCUT2D eigenvalue weighted by atomic mass is 32.2. The molecule has 186 valence electrons. The molecule has 1 aliphatic rings. The molecule has 1 saturated heterocycles. The van der Waals surface area contributed by atoms with Crippen LogP contribution < -0.4 is 11.0 Å². The largest absolute Gasteiger partial charge is 0.497 e. The van der Waals surface area contributed by atoms with Crippen LogP contribution in [-0.4, -0.2) is 47.9 Å². The molecule has 11 heteroatoms. The summed E-state index contributed by atoms with van der Waals surface area (Å²) < 4.78 is 47.2. The van der Waals surface area contributed by atoms with Gasteiger partial charge < -0.3 is 18.6 Å². The highest BCUT2D eigenvalue weighted by molar-refractivity contribution is 7.90. The molecule has 3 heterocycles. The number of aryl methyl sites for hydroxylation is 2. The van der Waals surface area contributed by atoms with Crippen molar-refractivity contribution < 1.29 is 27.3 Å². The van der Waals surface area contributed by atoms with Gasteiger partial charge in [0, 0.05) is 24.1 Å². The van der Waals surface area contributed by atoms with Crippen LogP contribution in [0.25, 0.3) is 10.9 Å². The molecule has 0 unspecified atom stereocenters. The Morgan fingerprint density at radius 2 is 1.66 bits per heavy atom. The molecule has 0 N–H and O–H groups in total. The molecule has 0 saturated carbocycles. The van der Waals surface area contributed by atoms with Gasteiger partial charge >= 0.3 is 13.1 Å². The van der Waals surface area contributed by atoms with Crippen LogP contribution >= 0.6 is 0 Å². The second-order valence-corrected chi connectivity index (χ2v) is 11.5. The first-order valence-corrected chi connectivity index (χ1v) is 12.8. The third-order valence-electron chi connectivity index (χ3n) is 6.68. The first-order valence-electron chi connectivity index (χ1n) is 11.3. The molecule has 4 rings (SSSR count).